The molecule has 0 aliphatic carbocycles. The van der Waals surface area contributed by atoms with E-state index in [1.54, 1.807) is 0 Å². The molecule has 0 aliphatic heterocycles. The Morgan fingerprint density at radius 3 is 2.48 bits per heavy atom. The van der Waals surface area contributed by atoms with Crippen LogP contribution in [0.25, 0.3) is 10.8 Å². The molecule has 0 nitrogen and oxygen atoms in total. The van der Waals surface area contributed by atoms with Crippen LogP contribution < -0.4 is 0 Å². The largest absolute Gasteiger partial charge is 0.117 e. The lowest BCUT2D eigenvalue weighted by Crippen LogP contribution is -1.97. The van der Waals surface area contributed by atoms with Gasteiger partial charge in [-0.1, -0.05) is 76.1 Å². The first-order valence-corrected chi connectivity index (χ1v) is 8.25. The normalized spacial score (nSPS) is 12.5. The van der Waals surface area contributed by atoms with Crippen molar-refractivity contribution in [2.45, 2.75) is 18.7 Å². The molecule has 21 heavy (non-hydrogen) atoms. The fourth-order valence-electron chi connectivity index (χ4n) is 2.71. The summed E-state index contributed by atoms with van der Waals surface area (Å²) in [5, 5.41) is 2.41. The summed E-state index contributed by atoms with van der Waals surface area (Å²) in [6.07, 6.45) is 0.842. The molecule has 0 saturated carbocycles. The Balaban J connectivity index is 1.98. The van der Waals surface area contributed by atoms with E-state index in [1.807, 2.05) is 0 Å². The summed E-state index contributed by atoms with van der Waals surface area (Å²) in [5.41, 5.74) is 3.75. The summed E-state index contributed by atoms with van der Waals surface area (Å²) in [6.45, 7) is 2.11. The molecule has 0 heterocycles. The van der Waals surface area contributed by atoms with Gasteiger partial charge in [-0.3, -0.25) is 0 Å². The molecule has 0 saturated heterocycles. The number of hydrogen-bond acceptors (Lipinski definition) is 0. The van der Waals surface area contributed by atoms with E-state index in [2.05, 4.69) is 83.5 Å². The van der Waals surface area contributed by atoms with E-state index in [9.17, 15) is 0 Å². The maximum atomic E-state index is 6.71. The topological polar surface area (TPSA) is 0 Å². The minimum atomic E-state index is -0.0233. The second-order valence-electron chi connectivity index (χ2n) is 5.34. The highest BCUT2D eigenvalue weighted by molar-refractivity contribution is 9.10. The number of rotatable bonds is 3. The van der Waals surface area contributed by atoms with Gasteiger partial charge < -0.3 is 0 Å². The SMILES string of the molecule is Cc1cccc(CC(Cl)c2ccc(Br)c3ccccc23)c1. The Hall–Kier alpha value is -1.31. The summed E-state index contributed by atoms with van der Waals surface area (Å²) in [5.74, 6) is 0. The van der Waals surface area contributed by atoms with Crippen molar-refractivity contribution in [3.05, 3.63) is 81.8 Å². The molecule has 3 rings (SSSR count). The molecule has 0 spiro atoms. The molecule has 0 fully saturated rings. The molecule has 0 aliphatic rings. The van der Waals surface area contributed by atoms with Crippen LogP contribution >= 0.6 is 27.5 Å². The van der Waals surface area contributed by atoms with Gasteiger partial charge in [0.2, 0.25) is 0 Å². The van der Waals surface area contributed by atoms with E-state index in [4.69, 9.17) is 11.6 Å². The highest BCUT2D eigenvalue weighted by Gasteiger charge is 2.13. The summed E-state index contributed by atoms with van der Waals surface area (Å²) in [6, 6.07) is 21.1. The third kappa shape index (κ3) is 3.14. The van der Waals surface area contributed by atoms with Crippen LogP contribution in [0, 0.1) is 6.92 Å². The number of alkyl halides is 1. The molecular weight excluding hydrogens is 344 g/mol. The summed E-state index contributed by atoms with van der Waals surface area (Å²) in [7, 11) is 0. The second-order valence-corrected chi connectivity index (χ2v) is 6.72. The Kier molecular flexibility index (Phi) is 4.32. The van der Waals surface area contributed by atoms with Crippen LogP contribution in [-0.2, 0) is 6.42 Å². The third-order valence-electron chi connectivity index (χ3n) is 3.74. The van der Waals surface area contributed by atoms with E-state index >= 15 is 0 Å². The van der Waals surface area contributed by atoms with E-state index in [0.717, 1.165) is 10.9 Å². The molecule has 3 aromatic carbocycles. The van der Waals surface area contributed by atoms with Gasteiger partial charge in [0.15, 0.2) is 0 Å². The van der Waals surface area contributed by atoms with Crippen molar-refractivity contribution in [2.75, 3.05) is 0 Å². The van der Waals surface area contributed by atoms with Gasteiger partial charge in [0, 0.05) is 4.47 Å². The van der Waals surface area contributed by atoms with Gasteiger partial charge in [0.05, 0.1) is 5.38 Å². The summed E-state index contributed by atoms with van der Waals surface area (Å²) in [4.78, 5) is 0. The van der Waals surface area contributed by atoms with Crippen LogP contribution in [0.5, 0.6) is 0 Å². The first kappa shape index (κ1) is 14.6. The van der Waals surface area contributed by atoms with Crippen molar-refractivity contribution in [3.8, 4) is 0 Å². The molecule has 0 bridgehead atoms. The number of fused-ring (bicyclic) bond motifs is 1. The maximum absolute atomic E-state index is 6.71. The molecule has 0 N–H and O–H groups in total. The zero-order valence-electron chi connectivity index (χ0n) is 11.8. The molecule has 106 valence electrons. The highest BCUT2D eigenvalue weighted by atomic mass is 79.9. The molecule has 1 atom stereocenters. The van der Waals surface area contributed by atoms with E-state index in [0.29, 0.717) is 0 Å². The van der Waals surface area contributed by atoms with Crippen molar-refractivity contribution >= 4 is 38.3 Å². The van der Waals surface area contributed by atoms with Crippen molar-refractivity contribution in [3.63, 3.8) is 0 Å². The van der Waals surface area contributed by atoms with Gasteiger partial charge in [0.25, 0.3) is 0 Å². The zero-order valence-corrected chi connectivity index (χ0v) is 14.2. The van der Waals surface area contributed by atoms with Gasteiger partial charge in [-0.2, -0.15) is 0 Å². The van der Waals surface area contributed by atoms with Crippen LogP contribution in [-0.4, -0.2) is 0 Å². The average Bonchev–Trinajstić information content (AvgIpc) is 2.48. The molecule has 0 aromatic heterocycles. The molecule has 1 unspecified atom stereocenters. The highest BCUT2D eigenvalue weighted by Crippen LogP contribution is 2.34. The molecule has 0 amide bonds. The first-order chi connectivity index (χ1) is 10.1. The third-order valence-corrected chi connectivity index (χ3v) is 4.82. The lowest BCUT2D eigenvalue weighted by Gasteiger charge is -2.14. The lowest BCUT2D eigenvalue weighted by atomic mass is 9.97. The molecule has 0 radical (unpaired) electrons. The van der Waals surface area contributed by atoms with Gasteiger partial charge in [-0.25, -0.2) is 0 Å². The van der Waals surface area contributed by atoms with E-state index in [-0.39, 0.29) is 5.38 Å². The van der Waals surface area contributed by atoms with Gasteiger partial charge in [-0.15, -0.1) is 11.6 Å². The minimum Gasteiger partial charge on any atom is -0.117 e. The fraction of sp³-hybridized carbons (Fsp3) is 0.158. The van der Waals surface area contributed by atoms with Crippen molar-refractivity contribution in [2.24, 2.45) is 0 Å². The number of benzene rings is 3. The standard InChI is InChI=1S/C19H16BrCl/c1-13-5-4-6-14(11-13)12-19(21)17-9-10-18(20)16-8-3-2-7-15(16)17/h2-11,19H,12H2,1H3. The molecule has 2 heteroatoms. The Labute approximate surface area is 138 Å². The second kappa shape index (κ2) is 6.21. The number of aryl methyl sites for hydroxylation is 1. The van der Waals surface area contributed by atoms with Crippen LogP contribution in [0.15, 0.2) is 65.1 Å². The number of halogens is 2. The summed E-state index contributed by atoms with van der Waals surface area (Å²) < 4.78 is 1.11. The van der Waals surface area contributed by atoms with Crippen molar-refractivity contribution < 1.29 is 0 Å². The van der Waals surface area contributed by atoms with Crippen molar-refractivity contribution in [1.82, 2.24) is 0 Å². The van der Waals surface area contributed by atoms with Gasteiger partial charge >= 0.3 is 0 Å². The Morgan fingerprint density at radius 2 is 1.71 bits per heavy atom. The van der Waals surface area contributed by atoms with Gasteiger partial charge in [-0.05, 0) is 41.3 Å². The smallest absolute Gasteiger partial charge is 0.0631 e. The Morgan fingerprint density at radius 1 is 0.952 bits per heavy atom. The van der Waals surface area contributed by atoms with Crippen molar-refractivity contribution in [1.29, 1.82) is 0 Å². The zero-order chi connectivity index (χ0) is 14.8. The van der Waals surface area contributed by atoms with Crippen LogP contribution in [0.3, 0.4) is 0 Å². The number of hydrogen-bond donors (Lipinski definition) is 0. The molecule has 3 aromatic rings. The van der Waals surface area contributed by atoms with Crippen LogP contribution in [0.2, 0.25) is 0 Å². The Bertz CT molecular complexity index is 779. The lowest BCUT2D eigenvalue weighted by molar-refractivity contribution is 0.926. The predicted octanol–water partition coefficient (Wildman–Crippen LogP) is 6.43. The first-order valence-electron chi connectivity index (χ1n) is 7.02. The maximum Gasteiger partial charge on any atom is 0.0631 e. The van der Waals surface area contributed by atoms with Crippen LogP contribution in [0.1, 0.15) is 22.1 Å². The average molecular weight is 360 g/mol. The summed E-state index contributed by atoms with van der Waals surface area (Å²) >= 11 is 10.3. The quantitative estimate of drug-likeness (QED) is 0.472. The van der Waals surface area contributed by atoms with E-state index < -0.39 is 0 Å². The van der Waals surface area contributed by atoms with Gasteiger partial charge in [0.1, 0.15) is 0 Å². The predicted molar refractivity (Wildman–Crippen MR) is 95.1 cm³/mol. The van der Waals surface area contributed by atoms with E-state index in [1.165, 1.54) is 27.5 Å². The minimum absolute atomic E-state index is 0.0233. The van der Waals surface area contributed by atoms with Crippen LogP contribution in [0.4, 0.5) is 0 Å². The fourth-order valence-corrected chi connectivity index (χ4v) is 3.56. The monoisotopic (exact) mass is 358 g/mol. The molecular formula is C19H16BrCl.